The van der Waals surface area contributed by atoms with Crippen molar-refractivity contribution in [3.8, 4) is 5.75 Å². The van der Waals surface area contributed by atoms with Gasteiger partial charge in [0.2, 0.25) is 0 Å². The molecule has 0 spiro atoms. The first-order chi connectivity index (χ1) is 15.6. The molecule has 3 N–H and O–H groups in total. The maximum absolute atomic E-state index is 12.4. The van der Waals surface area contributed by atoms with Crippen LogP contribution in [0.1, 0.15) is 38.3 Å². The Kier molecular flexibility index (Phi) is 6.70. The Labute approximate surface area is 187 Å². The number of phenols is 1. The lowest BCUT2D eigenvalue weighted by Gasteiger charge is -2.30. The lowest BCUT2D eigenvalue weighted by molar-refractivity contribution is 0.0951. The van der Waals surface area contributed by atoms with Crippen LogP contribution in [0.4, 0.5) is 5.69 Å². The highest BCUT2D eigenvalue weighted by Crippen LogP contribution is 2.24. The zero-order valence-corrected chi connectivity index (χ0v) is 17.9. The Balaban J connectivity index is 1.21. The summed E-state index contributed by atoms with van der Waals surface area (Å²) in [5.74, 6) is -0.316. The van der Waals surface area contributed by atoms with Gasteiger partial charge in [-0.1, -0.05) is 30.3 Å². The number of anilines is 1. The molecule has 0 aromatic heterocycles. The van der Waals surface area contributed by atoms with Gasteiger partial charge in [0, 0.05) is 43.0 Å². The Morgan fingerprint density at radius 2 is 1.50 bits per heavy atom. The minimum atomic E-state index is -0.247. The van der Waals surface area contributed by atoms with Crippen molar-refractivity contribution < 1.29 is 14.7 Å². The van der Waals surface area contributed by atoms with E-state index in [1.165, 1.54) is 23.3 Å². The molecule has 0 atom stereocenters. The fraction of sp³-hybridized carbons (Fsp3) is 0.231. The van der Waals surface area contributed by atoms with E-state index in [9.17, 15) is 14.7 Å². The summed E-state index contributed by atoms with van der Waals surface area (Å²) in [6, 6.07) is 22.4. The molecule has 1 heterocycles. The SMILES string of the molecule is O=C(NCCCNC(=O)c1cccc(O)c1)c1ccc(N2CCc3ccccc3C2)cc1. The molecule has 0 radical (unpaired) electrons. The summed E-state index contributed by atoms with van der Waals surface area (Å²) in [5, 5.41) is 15.1. The van der Waals surface area contributed by atoms with E-state index >= 15 is 0 Å². The second kappa shape index (κ2) is 10.0. The largest absolute Gasteiger partial charge is 0.508 e. The minimum Gasteiger partial charge on any atom is -0.508 e. The highest BCUT2D eigenvalue weighted by molar-refractivity contribution is 5.95. The fourth-order valence-electron chi connectivity index (χ4n) is 3.88. The summed E-state index contributed by atoms with van der Waals surface area (Å²) < 4.78 is 0. The van der Waals surface area contributed by atoms with E-state index in [4.69, 9.17) is 0 Å². The van der Waals surface area contributed by atoms with Gasteiger partial charge in [0.25, 0.3) is 11.8 Å². The molecular formula is C26H27N3O3. The van der Waals surface area contributed by atoms with Gasteiger partial charge in [-0.3, -0.25) is 9.59 Å². The topological polar surface area (TPSA) is 81.7 Å². The van der Waals surface area contributed by atoms with Gasteiger partial charge in [0.15, 0.2) is 0 Å². The number of hydrogen-bond acceptors (Lipinski definition) is 4. The van der Waals surface area contributed by atoms with Gasteiger partial charge < -0.3 is 20.6 Å². The maximum Gasteiger partial charge on any atom is 0.251 e. The first-order valence-electron chi connectivity index (χ1n) is 10.9. The second-order valence-electron chi connectivity index (χ2n) is 7.90. The maximum atomic E-state index is 12.4. The van der Waals surface area contributed by atoms with Crippen molar-refractivity contribution in [3.05, 3.63) is 95.1 Å². The summed E-state index contributed by atoms with van der Waals surface area (Å²) in [6.45, 7) is 2.75. The Hall–Kier alpha value is -3.80. The number of carbonyl (C=O) groups is 2. The summed E-state index contributed by atoms with van der Waals surface area (Å²) in [5.41, 5.74) is 4.92. The molecule has 3 aromatic rings. The third-order valence-electron chi connectivity index (χ3n) is 5.66. The third kappa shape index (κ3) is 5.27. The van der Waals surface area contributed by atoms with E-state index < -0.39 is 0 Å². The smallest absolute Gasteiger partial charge is 0.251 e. The molecule has 6 heteroatoms. The van der Waals surface area contributed by atoms with Gasteiger partial charge in [-0.2, -0.15) is 0 Å². The number of aromatic hydroxyl groups is 1. The standard InChI is InChI=1S/C26H27N3O3/c30-24-8-3-7-21(17-24)26(32)28-15-4-14-27-25(31)20-9-11-23(12-10-20)29-16-13-19-5-1-2-6-22(19)18-29/h1-3,5-12,17,30H,4,13-16,18H2,(H,27,31)(H,28,32). The van der Waals surface area contributed by atoms with Crippen molar-refractivity contribution in [1.82, 2.24) is 10.6 Å². The highest BCUT2D eigenvalue weighted by atomic mass is 16.3. The molecule has 4 rings (SSSR count). The Morgan fingerprint density at radius 3 is 2.22 bits per heavy atom. The molecule has 32 heavy (non-hydrogen) atoms. The predicted molar refractivity (Wildman–Crippen MR) is 125 cm³/mol. The number of rotatable bonds is 7. The number of nitrogens with zero attached hydrogens (tertiary/aromatic N) is 1. The van der Waals surface area contributed by atoms with Crippen LogP contribution in [0.5, 0.6) is 5.75 Å². The Morgan fingerprint density at radius 1 is 0.812 bits per heavy atom. The van der Waals surface area contributed by atoms with E-state index in [1.54, 1.807) is 12.1 Å². The number of carbonyl (C=O) groups excluding carboxylic acids is 2. The number of fused-ring (bicyclic) bond motifs is 1. The molecule has 1 aliphatic rings. The van der Waals surface area contributed by atoms with Crippen LogP contribution >= 0.6 is 0 Å². The molecule has 0 bridgehead atoms. The lowest BCUT2D eigenvalue weighted by atomic mass is 9.99. The van der Waals surface area contributed by atoms with Crippen molar-refractivity contribution in [3.63, 3.8) is 0 Å². The molecule has 2 amide bonds. The van der Waals surface area contributed by atoms with E-state index in [2.05, 4.69) is 39.8 Å². The van der Waals surface area contributed by atoms with Crippen LogP contribution in [0.15, 0.2) is 72.8 Å². The molecule has 0 fully saturated rings. The first kappa shape index (κ1) is 21.4. The zero-order chi connectivity index (χ0) is 22.3. The number of phenolic OH excluding ortho intramolecular Hbond substituents is 1. The van der Waals surface area contributed by atoms with Gasteiger partial charge in [-0.25, -0.2) is 0 Å². The molecule has 0 unspecified atom stereocenters. The first-order valence-corrected chi connectivity index (χ1v) is 10.9. The number of hydrogen-bond donors (Lipinski definition) is 3. The van der Waals surface area contributed by atoms with E-state index in [0.29, 0.717) is 30.6 Å². The number of amides is 2. The van der Waals surface area contributed by atoms with Crippen LogP contribution in [0.3, 0.4) is 0 Å². The molecule has 6 nitrogen and oxygen atoms in total. The third-order valence-corrected chi connectivity index (χ3v) is 5.66. The number of benzene rings is 3. The monoisotopic (exact) mass is 429 g/mol. The van der Waals surface area contributed by atoms with Gasteiger partial charge in [-0.05, 0) is 66.4 Å². The average molecular weight is 430 g/mol. The summed E-state index contributed by atoms with van der Waals surface area (Å²) in [7, 11) is 0. The van der Waals surface area contributed by atoms with E-state index in [-0.39, 0.29) is 17.6 Å². The van der Waals surface area contributed by atoms with E-state index in [0.717, 1.165) is 25.2 Å². The van der Waals surface area contributed by atoms with Crippen LogP contribution in [0.25, 0.3) is 0 Å². The molecule has 1 aliphatic heterocycles. The summed E-state index contributed by atoms with van der Waals surface area (Å²) in [6.07, 6.45) is 1.64. The van der Waals surface area contributed by atoms with Crippen LogP contribution in [0.2, 0.25) is 0 Å². The van der Waals surface area contributed by atoms with Crippen LogP contribution in [-0.4, -0.2) is 36.6 Å². The zero-order valence-electron chi connectivity index (χ0n) is 17.9. The van der Waals surface area contributed by atoms with Crippen molar-refractivity contribution in [1.29, 1.82) is 0 Å². The van der Waals surface area contributed by atoms with Crippen molar-refractivity contribution >= 4 is 17.5 Å². The quantitative estimate of drug-likeness (QED) is 0.502. The van der Waals surface area contributed by atoms with Gasteiger partial charge in [-0.15, -0.1) is 0 Å². The summed E-state index contributed by atoms with van der Waals surface area (Å²) >= 11 is 0. The van der Waals surface area contributed by atoms with Gasteiger partial charge in [0.1, 0.15) is 5.75 Å². The highest BCUT2D eigenvalue weighted by Gasteiger charge is 2.16. The van der Waals surface area contributed by atoms with Crippen LogP contribution < -0.4 is 15.5 Å². The van der Waals surface area contributed by atoms with Crippen LogP contribution in [-0.2, 0) is 13.0 Å². The van der Waals surface area contributed by atoms with Crippen molar-refractivity contribution in [2.24, 2.45) is 0 Å². The molecule has 0 saturated carbocycles. The molecule has 3 aromatic carbocycles. The average Bonchev–Trinajstić information content (AvgIpc) is 2.83. The molecule has 164 valence electrons. The van der Waals surface area contributed by atoms with Crippen molar-refractivity contribution in [2.75, 3.05) is 24.5 Å². The molecule has 0 saturated heterocycles. The molecular weight excluding hydrogens is 402 g/mol. The summed E-state index contributed by atoms with van der Waals surface area (Å²) in [4.78, 5) is 26.8. The second-order valence-corrected chi connectivity index (χ2v) is 7.90. The van der Waals surface area contributed by atoms with Crippen LogP contribution in [0, 0.1) is 0 Å². The fourth-order valence-corrected chi connectivity index (χ4v) is 3.88. The van der Waals surface area contributed by atoms with Gasteiger partial charge >= 0.3 is 0 Å². The predicted octanol–water partition coefficient (Wildman–Crippen LogP) is 3.50. The molecule has 0 aliphatic carbocycles. The van der Waals surface area contributed by atoms with Gasteiger partial charge in [0.05, 0.1) is 0 Å². The lowest BCUT2D eigenvalue weighted by Crippen LogP contribution is -2.31. The van der Waals surface area contributed by atoms with Crippen molar-refractivity contribution in [2.45, 2.75) is 19.4 Å². The number of nitrogens with one attached hydrogen (secondary N) is 2. The van der Waals surface area contributed by atoms with E-state index in [1.807, 2.05) is 24.3 Å². The Bertz CT molecular complexity index is 1100. The normalized spacial score (nSPS) is 12.7. The minimum absolute atomic E-state index is 0.0565.